The first kappa shape index (κ1) is 47.7. The number of carboxylic acids is 2. The van der Waals surface area contributed by atoms with Crippen LogP contribution in [-0.4, -0.2) is 60.1 Å². The topological polar surface area (TPSA) is 157 Å². The fourth-order valence-electron chi connectivity index (χ4n) is 8.07. The third-order valence-corrected chi connectivity index (χ3v) is 14.0. The van der Waals surface area contributed by atoms with Crippen LogP contribution in [0.5, 0.6) is 0 Å². The molecule has 6 bridgehead atoms. The van der Waals surface area contributed by atoms with Gasteiger partial charge in [-0.2, -0.15) is 0 Å². The number of aromatic nitrogens is 2. The first-order valence-electron chi connectivity index (χ1n) is 21.2. The number of carboxylic acid groups (broad SMARTS) is 2. The zero-order valence-corrected chi connectivity index (χ0v) is 40.0. The van der Waals surface area contributed by atoms with Gasteiger partial charge in [-0.25, -0.2) is 4.79 Å². The Morgan fingerprint density at radius 3 is 2.18 bits per heavy atom. The number of aliphatic carboxylic acids is 2. The second kappa shape index (κ2) is 20.1. The summed E-state index contributed by atoms with van der Waals surface area (Å²) in [6.07, 6.45) is 12.7. The molecule has 342 valence electrons. The average Bonchev–Trinajstić information content (AvgIpc) is 3.92. The number of nitrogens with one attached hydrogen (secondary N) is 1. The fourth-order valence-corrected chi connectivity index (χ4v) is 10.2. The van der Waals surface area contributed by atoms with E-state index < -0.39 is 17.9 Å². The molecule has 0 atom stereocenters. The van der Waals surface area contributed by atoms with Gasteiger partial charge >= 0.3 is 263 Å². The predicted octanol–water partition coefficient (Wildman–Crippen LogP) is 9.93. The van der Waals surface area contributed by atoms with Crippen molar-refractivity contribution in [2.45, 2.75) is 67.2 Å². The second-order valence-corrected chi connectivity index (χ2v) is 17.7. The molecule has 0 spiro atoms. The van der Waals surface area contributed by atoms with Crippen molar-refractivity contribution in [1.29, 1.82) is 0 Å². The van der Waals surface area contributed by atoms with Gasteiger partial charge in [0.25, 0.3) is 0 Å². The minimum Gasteiger partial charge on any atom is -0.435 e. The van der Waals surface area contributed by atoms with Crippen molar-refractivity contribution in [1.82, 2.24) is 7.17 Å². The molecule has 0 fully saturated rings. The smallest absolute Gasteiger partial charge is 0.342 e. The van der Waals surface area contributed by atoms with E-state index in [4.69, 9.17) is 42.7 Å². The van der Waals surface area contributed by atoms with Crippen LogP contribution in [0.3, 0.4) is 0 Å². The number of fused-ring (bicyclic) bond motifs is 2. The summed E-state index contributed by atoms with van der Waals surface area (Å²) in [5, 5.41) is 25.1. The van der Waals surface area contributed by atoms with Gasteiger partial charge in [-0.05, 0) is 37.6 Å². The molecule has 0 saturated heterocycles. The molecule has 6 heterocycles. The number of ether oxygens (including phenoxy) is 2. The van der Waals surface area contributed by atoms with E-state index in [2.05, 4.69) is 50.8 Å². The number of rotatable bonds is 14. The molecule has 8 rings (SSSR count). The summed E-state index contributed by atoms with van der Waals surface area (Å²) in [5.41, 5.74) is 15.2. The summed E-state index contributed by atoms with van der Waals surface area (Å²) in [6, 6.07) is 10.6. The Morgan fingerprint density at radius 2 is 1.48 bits per heavy atom. The molecule has 12 nitrogen and oxygen atoms in total. The maximum atomic E-state index is 12.2. The Bertz CT molecular complexity index is 3090. The summed E-state index contributed by atoms with van der Waals surface area (Å²) in [4.78, 5) is 45.6. The van der Waals surface area contributed by atoms with Crippen LogP contribution in [0.4, 0.5) is 11.4 Å². The molecule has 2 aromatic heterocycles. The second-order valence-electron chi connectivity index (χ2n) is 15.7. The van der Waals surface area contributed by atoms with Gasteiger partial charge in [-0.15, -0.1) is 0 Å². The summed E-state index contributed by atoms with van der Waals surface area (Å²) < 4.78 is 14.6. The van der Waals surface area contributed by atoms with E-state index in [9.17, 15) is 24.6 Å². The molecule has 4 aromatic rings. The van der Waals surface area contributed by atoms with Crippen molar-refractivity contribution in [2.75, 3.05) is 18.7 Å². The quantitative estimate of drug-likeness (QED) is 0.0488. The van der Waals surface area contributed by atoms with E-state index in [1.165, 1.54) is 0 Å². The summed E-state index contributed by atoms with van der Waals surface area (Å²) in [6.45, 7) is 20.5. The molecular formula is C51H49Cl2FeN5O7. The number of hydrogen-bond donors (Lipinski definition) is 3. The maximum Gasteiger partial charge on any atom is 0.342 e. The van der Waals surface area contributed by atoms with Gasteiger partial charge in [-0.1, -0.05) is 41.4 Å². The number of benzene rings is 2. The molecule has 0 radical (unpaired) electrons. The number of carbonyl (C=O) groups excluding carboxylic acids is 1. The van der Waals surface area contributed by atoms with E-state index in [0.29, 0.717) is 67.5 Å². The molecule has 0 amide bonds. The van der Waals surface area contributed by atoms with E-state index in [-0.39, 0.29) is 19.6 Å². The van der Waals surface area contributed by atoms with Crippen LogP contribution in [-0.2, 0) is 40.9 Å². The van der Waals surface area contributed by atoms with Gasteiger partial charge in [-0.3, -0.25) is 0 Å². The maximum absolute atomic E-state index is 12.2. The third kappa shape index (κ3) is 9.40. The van der Waals surface area contributed by atoms with Gasteiger partial charge in [0, 0.05) is 6.61 Å². The van der Waals surface area contributed by atoms with Gasteiger partial charge in [0.05, 0.1) is 27.0 Å². The molecule has 15 heteroatoms. The number of para-hydroxylation sites is 1. The number of aryl methyl sites for hydroxylation is 1. The van der Waals surface area contributed by atoms with Crippen LogP contribution in [0, 0.1) is 20.8 Å². The van der Waals surface area contributed by atoms with Gasteiger partial charge in [0.2, 0.25) is 0 Å². The van der Waals surface area contributed by atoms with E-state index in [0.717, 1.165) is 89.3 Å². The number of hydrogen-bond acceptors (Lipinski definition) is 8. The number of aliphatic imine (C=N–C) groups is 2. The molecule has 66 heavy (non-hydrogen) atoms. The van der Waals surface area contributed by atoms with Crippen molar-refractivity contribution >= 4 is 94.3 Å². The van der Waals surface area contributed by atoms with Crippen molar-refractivity contribution in [3.05, 3.63) is 155 Å². The first-order valence-corrected chi connectivity index (χ1v) is 22.9. The molecule has 0 unspecified atom stereocenters. The summed E-state index contributed by atoms with van der Waals surface area (Å²) in [7, 11) is 0. The monoisotopic (exact) mass is 969 g/mol. The van der Waals surface area contributed by atoms with Gasteiger partial charge in [0.15, 0.2) is 6.79 Å². The van der Waals surface area contributed by atoms with E-state index in [1.807, 2.05) is 58.9 Å². The summed E-state index contributed by atoms with van der Waals surface area (Å²) >= 11 is 13.0. The number of carbonyl (C=O) groups is 3. The van der Waals surface area contributed by atoms with Crippen LogP contribution >= 0.6 is 23.2 Å². The molecule has 0 aliphatic carbocycles. The number of anilines is 2. The van der Waals surface area contributed by atoms with E-state index >= 15 is 0 Å². The third-order valence-electron chi connectivity index (χ3n) is 11.7. The van der Waals surface area contributed by atoms with Gasteiger partial charge < -0.3 is 14.8 Å². The van der Waals surface area contributed by atoms with Crippen LogP contribution in [0.1, 0.15) is 89.6 Å². The van der Waals surface area contributed by atoms with Crippen molar-refractivity contribution in [3.8, 4) is 0 Å². The number of esters is 1. The predicted molar refractivity (Wildman–Crippen MR) is 259 cm³/mol. The van der Waals surface area contributed by atoms with Crippen molar-refractivity contribution in [2.24, 2.45) is 9.98 Å². The standard InChI is InChI=1S/C34H34N4O4.C17H17Cl2NO3.Fe/c1-7-21-17(3)25-13-26-19(5)23(9-11-33(39)40)31(37-26)16-32-24(10-12-34(41)42)20(6)28(38-32)15-30-22(8-2)18(4)27(36-30)14-29(21)35-25;1-3-22-10-23-17(21)12-6-4-5-7-14(12)20-16-13(18)9-8-11(2)15(16)19;/h7-8,13-16H,1-2,9-12H2,3-6H3,(H4,35,36,37,38,39,40,41,42);4-9,20H,3,10H2,1-2H3;/q;;+2/p-2/b25-13?,26-13-,27-14?,28-15-,29-14-,30-15?,31-16-,32-16?;;. The van der Waals surface area contributed by atoms with Crippen LogP contribution in [0.15, 0.2) is 99.3 Å². The Morgan fingerprint density at radius 1 is 0.803 bits per heavy atom. The van der Waals surface area contributed by atoms with Gasteiger partial charge in [0.1, 0.15) is 0 Å². The molecule has 4 aliphatic heterocycles. The molecule has 4 aliphatic rings. The Balaban J connectivity index is 0.000000238. The normalized spacial score (nSPS) is 17.2. The number of allylic oxidation sites excluding steroid dienone is 4. The zero-order valence-electron chi connectivity index (χ0n) is 37.4. The fraction of sp³-hybridized carbons (Fsp3) is 0.235. The average molecular weight is 971 g/mol. The van der Waals surface area contributed by atoms with E-state index in [1.54, 1.807) is 30.3 Å². The minimum atomic E-state index is -0.868. The number of nitrogens with zero attached hydrogens (tertiary/aromatic N) is 4. The van der Waals surface area contributed by atoms with Crippen LogP contribution < -0.4 is 16.0 Å². The zero-order chi connectivity index (χ0) is 47.6. The van der Waals surface area contributed by atoms with Crippen molar-refractivity contribution in [3.63, 3.8) is 0 Å². The van der Waals surface area contributed by atoms with Crippen LogP contribution in [0.2, 0.25) is 10.0 Å². The first-order chi connectivity index (χ1) is 31.6. The summed E-state index contributed by atoms with van der Waals surface area (Å²) in [5.74, 6) is -2.22. The van der Waals surface area contributed by atoms with Crippen molar-refractivity contribution < 1.29 is 49.5 Å². The minimum absolute atomic E-state index is 0.0140. The Labute approximate surface area is 399 Å². The Kier molecular flexibility index (Phi) is 14.6. The Hall–Kier alpha value is -6.21. The largest absolute Gasteiger partial charge is 0.435 e. The molecular weight excluding hydrogens is 921 g/mol. The number of halogens is 2. The molecule has 3 N–H and O–H groups in total. The molecule has 0 saturated carbocycles. The SMILES string of the molecule is C=CC1=C(C)C2=NC/1=C\c1c(C)c(C=C)c3[n]1[Fe][n]1/c(c(C)c(CCC(=O)O)/c1=C/C1=NC(=C\3)/C(C)=C1CCC(=O)O)=C\2.CCOCOC(=O)c1ccccc1Nc1c(Cl)ccc(C)c1Cl. The van der Waals surface area contributed by atoms with Crippen LogP contribution in [0.25, 0.3) is 30.4 Å². The molecule has 2 aromatic carbocycles.